The van der Waals surface area contributed by atoms with E-state index in [0.717, 1.165) is 0 Å². The first kappa shape index (κ1) is 24.1. The van der Waals surface area contributed by atoms with Gasteiger partial charge in [-0.3, -0.25) is 19.3 Å². The molecule has 4 amide bonds. The highest BCUT2D eigenvalue weighted by Gasteiger charge is 2.45. The van der Waals surface area contributed by atoms with E-state index in [4.69, 9.17) is 22.1 Å². The van der Waals surface area contributed by atoms with Crippen molar-refractivity contribution >= 4 is 46.8 Å². The van der Waals surface area contributed by atoms with Gasteiger partial charge in [-0.1, -0.05) is 41.9 Å². The van der Waals surface area contributed by atoms with E-state index < -0.39 is 35.6 Å². The zero-order valence-electron chi connectivity index (χ0n) is 18.4. The minimum atomic E-state index is -1.21. The van der Waals surface area contributed by atoms with Gasteiger partial charge in [0.15, 0.2) is 6.10 Å². The number of anilines is 2. The van der Waals surface area contributed by atoms with Crippen molar-refractivity contribution in [3.63, 3.8) is 0 Å². The van der Waals surface area contributed by atoms with Crippen LogP contribution in [0.2, 0.25) is 5.02 Å². The Kier molecular flexibility index (Phi) is 6.92. The second-order valence-corrected chi connectivity index (χ2v) is 8.53. The smallest absolute Gasteiger partial charge is 0.312 e. The number of carbonyl (C=O) groups excluding carboxylic acids is 4. The molecule has 0 saturated heterocycles. The second kappa shape index (κ2) is 9.50. The van der Waals surface area contributed by atoms with E-state index in [0.29, 0.717) is 22.0 Å². The Labute approximate surface area is 196 Å². The maximum atomic E-state index is 13.3. The van der Waals surface area contributed by atoms with Gasteiger partial charge in [0.05, 0.1) is 23.8 Å². The molecule has 0 aliphatic carbocycles. The van der Waals surface area contributed by atoms with E-state index in [9.17, 15) is 19.2 Å². The highest BCUT2D eigenvalue weighted by molar-refractivity contribution is 6.31. The van der Waals surface area contributed by atoms with Crippen molar-refractivity contribution in [2.75, 3.05) is 10.2 Å². The molecule has 4 N–H and O–H groups in total. The molecule has 0 fully saturated rings. The van der Waals surface area contributed by atoms with Crippen molar-refractivity contribution in [1.29, 1.82) is 0 Å². The van der Waals surface area contributed by atoms with Crippen molar-refractivity contribution in [1.82, 2.24) is 5.32 Å². The normalized spacial score (nSPS) is 16.1. The van der Waals surface area contributed by atoms with E-state index in [2.05, 4.69) is 10.6 Å². The number of nitrogens with zero attached hydrogens (tertiary/aromatic N) is 1. The van der Waals surface area contributed by atoms with Gasteiger partial charge in [-0.2, -0.15) is 0 Å². The number of nitrogens with one attached hydrogen (secondary N) is 2. The number of urea groups is 1. The molecule has 9 nitrogen and oxygen atoms in total. The number of esters is 1. The van der Waals surface area contributed by atoms with Crippen molar-refractivity contribution in [3.05, 3.63) is 59.1 Å². The number of rotatable bonds is 6. The number of amides is 4. The summed E-state index contributed by atoms with van der Waals surface area (Å²) in [6, 6.07) is 11.9. The van der Waals surface area contributed by atoms with Crippen LogP contribution >= 0.6 is 11.6 Å². The third kappa shape index (κ3) is 5.09. The van der Waals surface area contributed by atoms with Crippen LogP contribution in [-0.2, 0) is 19.1 Å². The van der Waals surface area contributed by atoms with Crippen LogP contribution in [-0.4, -0.2) is 35.5 Å². The van der Waals surface area contributed by atoms with Gasteiger partial charge in [0, 0.05) is 5.02 Å². The fraction of sp³-hybridized carbons (Fsp3) is 0.304. The van der Waals surface area contributed by atoms with Crippen LogP contribution in [0.15, 0.2) is 48.5 Å². The summed E-state index contributed by atoms with van der Waals surface area (Å²) in [5, 5.41) is 5.59. The molecule has 0 saturated carbocycles. The number of halogens is 1. The lowest BCUT2D eigenvalue weighted by atomic mass is 9.95. The Morgan fingerprint density at radius 1 is 1.15 bits per heavy atom. The van der Waals surface area contributed by atoms with E-state index in [1.165, 1.54) is 11.8 Å². The maximum Gasteiger partial charge on any atom is 0.312 e. The number of carbonyl (C=O) groups is 4. The van der Waals surface area contributed by atoms with E-state index in [1.54, 1.807) is 62.4 Å². The van der Waals surface area contributed by atoms with Crippen LogP contribution in [0.1, 0.15) is 38.8 Å². The minimum Gasteiger partial charge on any atom is -0.452 e. The predicted octanol–water partition coefficient (Wildman–Crippen LogP) is 3.14. The van der Waals surface area contributed by atoms with Gasteiger partial charge in [0.25, 0.3) is 5.91 Å². The van der Waals surface area contributed by atoms with E-state index in [-0.39, 0.29) is 12.3 Å². The number of fused-ring (bicyclic) bond motifs is 1. The number of nitrogens with two attached hydrogens (primary N) is 1. The lowest BCUT2D eigenvalue weighted by molar-refractivity contribution is -0.154. The second-order valence-electron chi connectivity index (χ2n) is 8.12. The summed E-state index contributed by atoms with van der Waals surface area (Å²) >= 11 is 6.19. The fourth-order valence-electron chi connectivity index (χ4n) is 3.66. The highest BCUT2D eigenvalue weighted by atomic mass is 35.5. The van der Waals surface area contributed by atoms with Crippen LogP contribution in [0, 0.1) is 0 Å². The SMILES string of the molecule is CC(OC(=O)CC(NC(N)=O)c1ccccc1Cl)C(=O)N1c2ccccc2NC(=O)C1(C)C. The molecule has 2 atom stereocenters. The van der Waals surface area contributed by atoms with Crippen LogP contribution in [0.5, 0.6) is 0 Å². The van der Waals surface area contributed by atoms with Crippen molar-refractivity contribution in [2.45, 2.75) is 44.9 Å². The Balaban J connectivity index is 1.78. The molecule has 1 aliphatic rings. The third-order valence-corrected chi connectivity index (χ3v) is 5.70. The number of primary amides is 1. The number of para-hydroxylation sites is 2. The highest BCUT2D eigenvalue weighted by Crippen LogP contribution is 2.37. The fourth-order valence-corrected chi connectivity index (χ4v) is 3.93. The lowest BCUT2D eigenvalue weighted by Gasteiger charge is -2.42. The Morgan fingerprint density at radius 3 is 2.45 bits per heavy atom. The van der Waals surface area contributed by atoms with Gasteiger partial charge in [-0.05, 0) is 44.5 Å². The van der Waals surface area contributed by atoms with Gasteiger partial charge in [-0.25, -0.2) is 4.79 Å². The van der Waals surface area contributed by atoms with Crippen LogP contribution < -0.4 is 21.3 Å². The molecule has 3 rings (SSSR count). The Morgan fingerprint density at radius 2 is 1.79 bits per heavy atom. The zero-order chi connectivity index (χ0) is 24.3. The number of hydrogen-bond donors (Lipinski definition) is 3. The third-order valence-electron chi connectivity index (χ3n) is 5.35. The van der Waals surface area contributed by atoms with Gasteiger partial charge in [0.1, 0.15) is 5.54 Å². The summed E-state index contributed by atoms with van der Waals surface area (Å²) < 4.78 is 5.39. The van der Waals surface area contributed by atoms with Crippen molar-refractivity contribution in [3.8, 4) is 0 Å². The molecule has 2 unspecified atom stereocenters. The molecule has 174 valence electrons. The maximum absolute atomic E-state index is 13.3. The van der Waals surface area contributed by atoms with Gasteiger partial charge >= 0.3 is 12.0 Å². The molecular weight excluding hydrogens is 448 g/mol. The van der Waals surface area contributed by atoms with Gasteiger partial charge in [0.2, 0.25) is 5.91 Å². The van der Waals surface area contributed by atoms with Crippen molar-refractivity contribution < 1.29 is 23.9 Å². The van der Waals surface area contributed by atoms with Gasteiger partial charge in [-0.15, -0.1) is 0 Å². The predicted molar refractivity (Wildman–Crippen MR) is 124 cm³/mol. The minimum absolute atomic E-state index is 0.301. The average Bonchev–Trinajstić information content (AvgIpc) is 2.73. The average molecular weight is 473 g/mol. The standard InChI is InChI=1S/C23H25ClN4O5/c1-13(20(30)28-18-11-7-6-10-16(18)26-21(31)23(28,2)3)33-19(29)12-17(27-22(25)32)14-8-4-5-9-15(14)24/h4-11,13,17H,12H2,1-3H3,(H,26,31)(H3,25,27,32). The summed E-state index contributed by atoms with van der Waals surface area (Å²) in [4.78, 5) is 51.4. The first-order chi connectivity index (χ1) is 15.5. The first-order valence-electron chi connectivity index (χ1n) is 10.3. The molecule has 1 heterocycles. The van der Waals surface area contributed by atoms with E-state index >= 15 is 0 Å². The Bertz CT molecular complexity index is 1100. The molecule has 33 heavy (non-hydrogen) atoms. The molecule has 0 aromatic heterocycles. The Hall–Kier alpha value is -3.59. The monoisotopic (exact) mass is 472 g/mol. The topological polar surface area (TPSA) is 131 Å². The van der Waals surface area contributed by atoms with Gasteiger partial charge < -0.3 is 21.1 Å². The summed E-state index contributed by atoms with van der Waals surface area (Å²) in [6.07, 6.45) is -1.50. The molecular formula is C23H25ClN4O5. The van der Waals surface area contributed by atoms with Crippen LogP contribution in [0.4, 0.5) is 16.2 Å². The number of benzene rings is 2. The number of hydrogen-bond acceptors (Lipinski definition) is 5. The molecule has 2 aromatic rings. The molecule has 0 radical (unpaired) electrons. The summed E-state index contributed by atoms with van der Waals surface area (Å²) in [5.41, 5.74) is 5.51. The van der Waals surface area contributed by atoms with E-state index in [1.807, 2.05) is 0 Å². The summed E-state index contributed by atoms with van der Waals surface area (Å²) in [6.45, 7) is 4.64. The quantitative estimate of drug-likeness (QED) is 0.556. The molecule has 10 heteroatoms. The lowest BCUT2D eigenvalue weighted by Crippen LogP contribution is -2.60. The zero-order valence-corrected chi connectivity index (χ0v) is 19.2. The van der Waals surface area contributed by atoms with Crippen LogP contribution in [0.3, 0.4) is 0 Å². The molecule has 2 aromatic carbocycles. The molecule has 0 spiro atoms. The molecule has 0 bridgehead atoms. The largest absolute Gasteiger partial charge is 0.452 e. The van der Waals surface area contributed by atoms with Crippen LogP contribution in [0.25, 0.3) is 0 Å². The summed E-state index contributed by atoms with van der Waals surface area (Å²) in [5.74, 6) is -1.67. The first-order valence-corrected chi connectivity index (χ1v) is 10.6. The summed E-state index contributed by atoms with van der Waals surface area (Å²) in [7, 11) is 0. The van der Waals surface area contributed by atoms with Crippen molar-refractivity contribution in [2.24, 2.45) is 5.73 Å². The molecule has 1 aliphatic heterocycles. The number of ether oxygens (including phenoxy) is 1.